The number of carbonyl (C=O) groups excluding carboxylic acids is 1. The van der Waals surface area contributed by atoms with Gasteiger partial charge in [0.2, 0.25) is 0 Å². The van der Waals surface area contributed by atoms with E-state index in [2.05, 4.69) is 20.9 Å². The van der Waals surface area contributed by atoms with Crippen molar-refractivity contribution in [2.24, 2.45) is 4.99 Å². The lowest BCUT2D eigenvalue weighted by molar-refractivity contribution is 0.0503. The summed E-state index contributed by atoms with van der Waals surface area (Å²) in [4.78, 5) is 16.5. The average Bonchev–Trinajstić information content (AvgIpc) is 2.48. The van der Waals surface area contributed by atoms with Crippen LogP contribution in [0, 0.1) is 0 Å². The van der Waals surface area contributed by atoms with Crippen molar-refractivity contribution in [3.8, 4) is 0 Å². The fraction of sp³-hybridized carbons (Fsp3) is 0.889. The van der Waals surface area contributed by atoms with Gasteiger partial charge in [-0.25, -0.2) is 13.2 Å². The second-order valence-corrected chi connectivity index (χ2v) is 10.1. The summed E-state index contributed by atoms with van der Waals surface area (Å²) in [5.41, 5.74) is -0.546. The third-order valence-electron chi connectivity index (χ3n) is 3.48. The van der Waals surface area contributed by atoms with E-state index >= 15 is 0 Å². The minimum Gasteiger partial charge on any atom is -0.444 e. The highest BCUT2D eigenvalue weighted by atomic mass is 127. The van der Waals surface area contributed by atoms with Gasteiger partial charge in [-0.1, -0.05) is 13.3 Å². The molecule has 0 fully saturated rings. The van der Waals surface area contributed by atoms with Crippen molar-refractivity contribution < 1.29 is 17.9 Å². The van der Waals surface area contributed by atoms with E-state index in [1.807, 2.05) is 41.5 Å². The average molecular weight is 535 g/mol. The molecule has 0 rings (SSSR count). The molecule has 3 N–H and O–H groups in total. The Morgan fingerprint density at radius 2 is 1.75 bits per heavy atom. The predicted molar refractivity (Wildman–Crippen MR) is 126 cm³/mol. The van der Waals surface area contributed by atoms with Crippen LogP contribution in [-0.2, 0) is 14.6 Å². The largest absolute Gasteiger partial charge is 0.444 e. The van der Waals surface area contributed by atoms with Crippen LogP contribution in [0.1, 0.15) is 60.8 Å². The lowest BCUT2D eigenvalue weighted by atomic mass is 10.1. The number of ether oxygens (including phenoxy) is 1. The molecule has 0 aromatic heterocycles. The topological polar surface area (TPSA) is 109 Å². The van der Waals surface area contributed by atoms with Gasteiger partial charge in [0, 0.05) is 18.8 Å². The summed E-state index contributed by atoms with van der Waals surface area (Å²) < 4.78 is 27.9. The van der Waals surface area contributed by atoms with Crippen LogP contribution in [0.2, 0.25) is 0 Å². The number of carbonyl (C=O) groups is 1. The Bertz CT molecular complexity index is 577. The van der Waals surface area contributed by atoms with Crippen molar-refractivity contribution in [2.45, 2.75) is 78.5 Å². The Labute approximate surface area is 188 Å². The third-order valence-corrected chi connectivity index (χ3v) is 4.45. The molecule has 0 aromatic carbocycles. The van der Waals surface area contributed by atoms with Gasteiger partial charge in [-0.05, 0) is 47.5 Å². The molecular formula is C18H39IN4O4S. The Morgan fingerprint density at radius 1 is 1.14 bits per heavy atom. The van der Waals surface area contributed by atoms with E-state index in [0.29, 0.717) is 25.5 Å². The van der Waals surface area contributed by atoms with Crippen LogP contribution in [0.4, 0.5) is 4.79 Å². The van der Waals surface area contributed by atoms with Crippen molar-refractivity contribution in [3.05, 3.63) is 0 Å². The van der Waals surface area contributed by atoms with Crippen LogP contribution in [-0.4, -0.2) is 63.3 Å². The van der Waals surface area contributed by atoms with Gasteiger partial charge in [-0.15, -0.1) is 24.0 Å². The summed E-state index contributed by atoms with van der Waals surface area (Å²) in [6.45, 7) is 12.5. The van der Waals surface area contributed by atoms with Crippen LogP contribution >= 0.6 is 24.0 Å². The van der Waals surface area contributed by atoms with Crippen molar-refractivity contribution in [1.29, 1.82) is 0 Å². The van der Waals surface area contributed by atoms with E-state index in [4.69, 9.17) is 4.74 Å². The lowest BCUT2D eigenvalue weighted by Crippen LogP contribution is -2.45. The fourth-order valence-electron chi connectivity index (χ4n) is 2.25. The standard InChI is InChI=1S/C18H38N4O4S.HI/c1-8-10-15(22-17(23)26-18(4,5)6)13-20-16(19-9-2)21-14(3)11-12-27(7,24)25;/h14-15H,8-13H2,1-7H3,(H,22,23)(H2,19,20,21);1H. The van der Waals surface area contributed by atoms with Crippen LogP contribution in [0.3, 0.4) is 0 Å². The summed E-state index contributed by atoms with van der Waals surface area (Å²) in [5.74, 6) is 0.727. The highest BCUT2D eigenvalue weighted by molar-refractivity contribution is 14.0. The Morgan fingerprint density at radius 3 is 2.21 bits per heavy atom. The van der Waals surface area contributed by atoms with E-state index < -0.39 is 21.5 Å². The second kappa shape index (κ2) is 14.2. The molecule has 2 atom stereocenters. The van der Waals surface area contributed by atoms with E-state index in [-0.39, 0.29) is 41.8 Å². The molecular weight excluding hydrogens is 495 g/mol. The Balaban J connectivity index is 0. The van der Waals surface area contributed by atoms with Gasteiger partial charge in [0.05, 0.1) is 18.3 Å². The first-order valence-corrected chi connectivity index (χ1v) is 11.6. The maximum atomic E-state index is 12.0. The van der Waals surface area contributed by atoms with Crippen LogP contribution in [0.25, 0.3) is 0 Å². The van der Waals surface area contributed by atoms with Gasteiger partial charge in [-0.3, -0.25) is 4.99 Å². The summed E-state index contributed by atoms with van der Waals surface area (Å²) in [5, 5.41) is 9.22. The van der Waals surface area contributed by atoms with Gasteiger partial charge in [0.1, 0.15) is 15.4 Å². The van der Waals surface area contributed by atoms with Gasteiger partial charge >= 0.3 is 6.09 Å². The maximum absolute atomic E-state index is 12.0. The SMILES string of the molecule is CCCC(CN=C(NCC)NC(C)CCS(C)(=O)=O)NC(=O)OC(C)(C)C.I. The van der Waals surface area contributed by atoms with E-state index in [1.165, 1.54) is 6.26 Å². The van der Waals surface area contributed by atoms with Gasteiger partial charge < -0.3 is 20.7 Å². The molecule has 0 aromatic rings. The van der Waals surface area contributed by atoms with Crippen molar-refractivity contribution in [3.63, 3.8) is 0 Å². The van der Waals surface area contributed by atoms with E-state index in [1.54, 1.807) is 0 Å². The number of alkyl carbamates (subject to hydrolysis) is 1. The monoisotopic (exact) mass is 534 g/mol. The summed E-state index contributed by atoms with van der Waals surface area (Å²) in [7, 11) is -2.99. The van der Waals surface area contributed by atoms with E-state index in [0.717, 1.165) is 12.8 Å². The number of sulfone groups is 1. The zero-order valence-corrected chi connectivity index (χ0v) is 21.4. The summed E-state index contributed by atoms with van der Waals surface area (Å²) in [6, 6.07) is -0.174. The number of hydrogen-bond donors (Lipinski definition) is 3. The molecule has 0 aliphatic carbocycles. The maximum Gasteiger partial charge on any atom is 0.407 e. The molecule has 2 unspecified atom stereocenters. The first kappa shape index (κ1) is 29.4. The molecule has 10 heteroatoms. The fourth-order valence-corrected chi connectivity index (χ4v) is 3.03. The highest BCUT2D eigenvalue weighted by Gasteiger charge is 2.19. The number of guanidine groups is 1. The van der Waals surface area contributed by atoms with Crippen LogP contribution in [0.5, 0.6) is 0 Å². The highest BCUT2D eigenvalue weighted by Crippen LogP contribution is 2.08. The quantitative estimate of drug-likeness (QED) is 0.226. The number of aliphatic imine (C=N–C) groups is 1. The van der Waals surface area contributed by atoms with Crippen LogP contribution < -0.4 is 16.0 Å². The number of amides is 1. The molecule has 0 aliphatic heterocycles. The van der Waals surface area contributed by atoms with E-state index in [9.17, 15) is 13.2 Å². The summed E-state index contributed by atoms with van der Waals surface area (Å²) >= 11 is 0. The van der Waals surface area contributed by atoms with Gasteiger partial charge in [-0.2, -0.15) is 0 Å². The minimum atomic E-state index is -2.99. The number of nitrogens with zero attached hydrogens (tertiary/aromatic N) is 1. The normalized spacial score (nSPS) is 14.5. The lowest BCUT2D eigenvalue weighted by Gasteiger charge is -2.23. The first-order valence-electron chi connectivity index (χ1n) is 9.58. The van der Waals surface area contributed by atoms with Crippen LogP contribution in [0.15, 0.2) is 4.99 Å². The molecule has 0 aliphatic rings. The predicted octanol–water partition coefficient (Wildman–Crippen LogP) is 2.68. The molecule has 0 radical (unpaired) electrons. The zero-order chi connectivity index (χ0) is 21.1. The molecule has 0 saturated carbocycles. The molecule has 0 bridgehead atoms. The Kier molecular flexibility index (Phi) is 15.0. The van der Waals surface area contributed by atoms with Crippen molar-refractivity contribution >= 4 is 45.9 Å². The number of halogens is 1. The van der Waals surface area contributed by atoms with Crippen molar-refractivity contribution in [1.82, 2.24) is 16.0 Å². The molecule has 28 heavy (non-hydrogen) atoms. The molecule has 0 saturated heterocycles. The number of rotatable bonds is 10. The molecule has 8 nitrogen and oxygen atoms in total. The smallest absolute Gasteiger partial charge is 0.407 e. The molecule has 0 spiro atoms. The van der Waals surface area contributed by atoms with Gasteiger partial charge in [0.25, 0.3) is 0 Å². The molecule has 0 heterocycles. The molecule has 1 amide bonds. The number of nitrogens with one attached hydrogen (secondary N) is 3. The Hall–Kier alpha value is -0.780. The minimum absolute atomic E-state index is 0. The third kappa shape index (κ3) is 17.3. The first-order chi connectivity index (χ1) is 12.4. The second-order valence-electron chi connectivity index (χ2n) is 7.82. The molecule has 168 valence electrons. The van der Waals surface area contributed by atoms with Crippen molar-refractivity contribution in [2.75, 3.05) is 25.1 Å². The van der Waals surface area contributed by atoms with Gasteiger partial charge in [0.15, 0.2) is 5.96 Å². The zero-order valence-electron chi connectivity index (χ0n) is 18.3. The number of hydrogen-bond acceptors (Lipinski definition) is 5. The summed E-state index contributed by atoms with van der Waals surface area (Å²) in [6.07, 6.45) is 2.97.